The molecule has 0 atom stereocenters. The number of hydrogen-bond acceptors (Lipinski definition) is 5. The summed E-state index contributed by atoms with van der Waals surface area (Å²) in [5.74, 6) is -0.261. The molecule has 0 aliphatic carbocycles. The number of ether oxygens (including phenoxy) is 1. The molecule has 0 spiro atoms. The number of thiazole rings is 1. The summed E-state index contributed by atoms with van der Waals surface area (Å²) < 4.78 is 28.7. The molecule has 124 valence electrons. The Hall–Kier alpha value is -2.81. The van der Waals surface area contributed by atoms with Crippen LogP contribution in [0.2, 0.25) is 0 Å². The van der Waals surface area contributed by atoms with Crippen molar-refractivity contribution in [2.75, 3.05) is 5.32 Å². The molecule has 2 aromatic heterocycles. The van der Waals surface area contributed by atoms with Crippen molar-refractivity contribution in [2.24, 2.45) is 0 Å². The highest BCUT2D eigenvalue weighted by molar-refractivity contribution is 7.16. The van der Waals surface area contributed by atoms with E-state index >= 15 is 0 Å². The summed E-state index contributed by atoms with van der Waals surface area (Å²) in [6.07, 6.45) is 1.48. The minimum absolute atomic E-state index is 0.0782. The Kier molecular flexibility index (Phi) is 4.52. The smallest absolute Gasteiger partial charge is 0.387 e. The highest BCUT2D eigenvalue weighted by Gasteiger charge is 2.14. The fraction of sp³-hybridized carbons (Fsp3) is 0.133. The summed E-state index contributed by atoms with van der Waals surface area (Å²) in [5, 5.41) is 9.41. The minimum atomic E-state index is -2.86. The number of rotatable bonds is 5. The van der Waals surface area contributed by atoms with Gasteiger partial charge < -0.3 is 4.74 Å². The zero-order chi connectivity index (χ0) is 17.1. The normalized spacial score (nSPS) is 10.8. The second kappa shape index (κ2) is 6.75. The van der Waals surface area contributed by atoms with E-state index < -0.39 is 6.61 Å². The fourth-order valence-electron chi connectivity index (χ4n) is 2.06. The second-order valence-corrected chi connectivity index (χ2v) is 5.95. The Morgan fingerprint density at radius 2 is 2.04 bits per heavy atom. The summed E-state index contributed by atoms with van der Waals surface area (Å²) in [7, 11) is 0. The lowest BCUT2D eigenvalue weighted by Gasteiger charge is -2.05. The van der Waals surface area contributed by atoms with E-state index in [0.29, 0.717) is 16.5 Å². The van der Waals surface area contributed by atoms with Crippen molar-refractivity contribution < 1.29 is 18.3 Å². The van der Waals surface area contributed by atoms with Gasteiger partial charge >= 0.3 is 6.61 Å². The standard InChI is InChI=1S/C15H12F2N4O2S/c1-8-12(9-2-4-10(5-3-9)23-14(16)17)19-15(24-8)20-13(22)11-6-7-18-21-11/h2-7,14H,1H3,(H,18,21)(H,19,20,22). The predicted octanol–water partition coefficient (Wildman–Crippen LogP) is 3.70. The Balaban J connectivity index is 1.77. The van der Waals surface area contributed by atoms with Crippen LogP contribution in [-0.2, 0) is 0 Å². The first-order valence-corrected chi connectivity index (χ1v) is 7.68. The fourth-order valence-corrected chi connectivity index (χ4v) is 2.89. The van der Waals surface area contributed by atoms with Crippen molar-refractivity contribution in [2.45, 2.75) is 13.5 Å². The van der Waals surface area contributed by atoms with Crippen LogP contribution < -0.4 is 10.1 Å². The molecule has 0 radical (unpaired) electrons. The Labute approximate surface area is 139 Å². The van der Waals surface area contributed by atoms with Crippen LogP contribution in [0.5, 0.6) is 5.75 Å². The van der Waals surface area contributed by atoms with Crippen molar-refractivity contribution in [1.82, 2.24) is 15.2 Å². The third-order valence-electron chi connectivity index (χ3n) is 3.12. The van der Waals surface area contributed by atoms with Gasteiger partial charge in [-0.3, -0.25) is 15.2 Å². The summed E-state index contributed by atoms with van der Waals surface area (Å²) in [4.78, 5) is 17.2. The molecule has 24 heavy (non-hydrogen) atoms. The highest BCUT2D eigenvalue weighted by atomic mass is 32.1. The number of carbonyl (C=O) groups excluding carboxylic acids is 1. The summed E-state index contributed by atoms with van der Waals surface area (Å²) in [6, 6.07) is 7.73. The monoisotopic (exact) mass is 350 g/mol. The number of amides is 1. The van der Waals surface area contributed by atoms with Crippen LogP contribution in [-0.4, -0.2) is 27.7 Å². The summed E-state index contributed by atoms with van der Waals surface area (Å²) in [5.41, 5.74) is 1.74. The molecule has 1 aromatic carbocycles. The number of anilines is 1. The first kappa shape index (κ1) is 16.1. The lowest BCUT2D eigenvalue weighted by atomic mass is 10.1. The maximum atomic E-state index is 12.2. The third-order valence-corrected chi connectivity index (χ3v) is 4.00. The first-order valence-electron chi connectivity index (χ1n) is 6.86. The molecule has 0 aliphatic rings. The van der Waals surface area contributed by atoms with Crippen molar-refractivity contribution in [3.63, 3.8) is 0 Å². The third kappa shape index (κ3) is 3.57. The van der Waals surface area contributed by atoms with Gasteiger partial charge in [0.1, 0.15) is 11.4 Å². The predicted molar refractivity (Wildman–Crippen MR) is 85.5 cm³/mol. The molecule has 0 saturated carbocycles. The van der Waals surface area contributed by atoms with Crippen molar-refractivity contribution in [1.29, 1.82) is 0 Å². The van der Waals surface area contributed by atoms with E-state index in [0.717, 1.165) is 10.4 Å². The number of H-pyrrole nitrogens is 1. The lowest BCUT2D eigenvalue weighted by Crippen LogP contribution is -2.12. The van der Waals surface area contributed by atoms with Crippen LogP contribution in [0.25, 0.3) is 11.3 Å². The van der Waals surface area contributed by atoms with Gasteiger partial charge in [0.2, 0.25) is 0 Å². The molecule has 0 aliphatic heterocycles. The van der Waals surface area contributed by atoms with Crippen LogP contribution in [0.15, 0.2) is 36.5 Å². The number of benzene rings is 1. The van der Waals surface area contributed by atoms with Crippen LogP contribution in [0.4, 0.5) is 13.9 Å². The van der Waals surface area contributed by atoms with Crippen LogP contribution >= 0.6 is 11.3 Å². The van der Waals surface area contributed by atoms with Crippen LogP contribution in [0, 0.1) is 6.92 Å². The molecule has 1 amide bonds. The van der Waals surface area contributed by atoms with Gasteiger partial charge in [0, 0.05) is 16.6 Å². The number of alkyl halides is 2. The van der Waals surface area contributed by atoms with Crippen LogP contribution in [0.3, 0.4) is 0 Å². The Morgan fingerprint density at radius 1 is 1.29 bits per heavy atom. The van der Waals surface area contributed by atoms with Gasteiger partial charge in [0.15, 0.2) is 5.13 Å². The molecular weight excluding hydrogens is 338 g/mol. The van der Waals surface area contributed by atoms with Gasteiger partial charge in [-0.15, -0.1) is 11.3 Å². The number of aromatic nitrogens is 3. The quantitative estimate of drug-likeness (QED) is 0.735. The molecule has 0 fully saturated rings. The number of aryl methyl sites for hydroxylation is 1. The SMILES string of the molecule is Cc1sc(NC(=O)c2ccn[nH]2)nc1-c1ccc(OC(F)F)cc1. The van der Waals surface area contributed by atoms with E-state index in [-0.39, 0.29) is 11.7 Å². The van der Waals surface area contributed by atoms with Gasteiger partial charge in [0.25, 0.3) is 5.91 Å². The zero-order valence-electron chi connectivity index (χ0n) is 12.4. The van der Waals surface area contributed by atoms with Gasteiger partial charge in [-0.25, -0.2) is 4.98 Å². The molecule has 6 nitrogen and oxygen atoms in total. The summed E-state index contributed by atoms with van der Waals surface area (Å²) >= 11 is 1.32. The van der Waals surface area contributed by atoms with E-state index in [1.54, 1.807) is 18.2 Å². The van der Waals surface area contributed by atoms with Crippen molar-refractivity contribution in [3.05, 3.63) is 47.1 Å². The molecule has 3 rings (SSSR count). The van der Waals surface area contributed by atoms with E-state index in [9.17, 15) is 13.6 Å². The maximum Gasteiger partial charge on any atom is 0.387 e. The van der Waals surface area contributed by atoms with Crippen LogP contribution in [0.1, 0.15) is 15.4 Å². The average Bonchev–Trinajstić information content (AvgIpc) is 3.17. The van der Waals surface area contributed by atoms with E-state index in [1.165, 1.54) is 29.7 Å². The Bertz CT molecular complexity index is 832. The molecule has 0 saturated heterocycles. The number of nitrogens with one attached hydrogen (secondary N) is 2. The van der Waals surface area contributed by atoms with Gasteiger partial charge in [0.05, 0.1) is 5.69 Å². The maximum absolute atomic E-state index is 12.2. The van der Waals surface area contributed by atoms with Gasteiger partial charge in [-0.1, -0.05) is 0 Å². The Morgan fingerprint density at radius 3 is 2.67 bits per heavy atom. The number of aromatic amines is 1. The molecular formula is C15H12F2N4O2S. The number of carbonyl (C=O) groups is 1. The molecule has 9 heteroatoms. The van der Waals surface area contributed by atoms with Gasteiger partial charge in [-0.05, 0) is 37.3 Å². The lowest BCUT2D eigenvalue weighted by molar-refractivity contribution is -0.0498. The topological polar surface area (TPSA) is 79.9 Å². The first-order chi connectivity index (χ1) is 11.5. The van der Waals surface area contributed by atoms with E-state index in [1.807, 2.05) is 6.92 Å². The average molecular weight is 350 g/mol. The summed E-state index contributed by atoms with van der Waals surface area (Å²) in [6.45, 7) is -0.997. The highest BCUT2D eigenvalue weighted by Crippen LogP contribution is 2.31. The molecule has 2 heterocycles. The largest absolute Gasteiger partial charge is 0.435 e. The van der Waals surface area contributed by atoms with Crippen molar-refractivity contribution in [3.8, 4) is 17.0 Å². The second-order valence-electron chi connectivity index (χ2n) is 4.75. The molecule has 2 N–H and O–H groups in total. The number of halogens is 2. The molecule has 3 aromatic rings. The number of hydrogen-bond donors (Lipinski definition) is 2. The zero-order valence-corrected chi connectivity index (χ0v) is 13.2. The number of nitrogens with zero attached hydrogens (tertiary/aromatic N) is 2. The van der Waals surface area contributed by atoms with E-state index in [2.05, 4.69) is 25.2 Å². The van der Waals surface area contributed by atoms with Gasteiger partial charge in [-0.2, -0.15) is 13.9 Å². The molecule has 0 unspecified atom stereocenters. The molecule has 0 bridgehead atoms. The van der Waals surface area contributed by atoms with E-state index in [4.69, 9.17) is 0 Å². The minimum Gasteiger partial charge on any atom is -0.435 e. The van der Waals surface area contributed by atoms with Crippen molar-refractivity contribution >= 4 is 22.4 Å².